The van der Waals surface area contributed by atoms with Crippen molar-refractivity contribution in [3.8, 4) is 0 Å². The highest BCUT2D eigenvalue weighted by atomic mass is 16.5. The van der Waals surface area contributed by atoms with Crippen LogP contribution >= 0.6 is 0 Å². The lowest BCUT2D eigenvalue weighted by Crippen LogP contribution is -2.20. The molecule has 1 aliphatic rings. The van der Waals surface area contributed by atoms with Gasteiger partial charge in [-0.25, -0.2) is 4.79 Å². The van der Waals surface area contributed by atoms with Crippen LogP contribution in [0.4, 0.5) is 0 Å². The number of hydrogen-bond donors (Lipinski definition) is 0. The van der Waals surface area contributed by atoms with Crippen LogP contribution in [0.15, 0.2) is 36.4 Å². The van der Waals surface area contributed by atoms with Crippen LogP contribution in [0, 0.1) is 0 Å². The first-order valence-corrected chi connectivity index (χ1v) is 5.83. The Morgan fingerprint density at radius 2 is 2.24 bits per heavy atom. The van der Waals surface area contributed by atoms with Crippen molar-refractivity contribution in [1.82, 2.24) is 0 Å². The quantitative estimate of drug-likeness (QED) is 0.592. The van der Waals surface area contributed by atoms with E-state index in [4.69, 9.17) is 9.47 Å². The molecule has 0 bridgehead atoms. The summed E-state index contributed by atoms with van der Waals surface area (Å²) in [7, 11) is 0. The molecule has 1 atom stereocenters. The van der Waals surface area contributed by atoms with Crippen LogP contribution < -0.4 is 0 Å². The van der Waals surface area contributed by atoms with Crippen LogP contribution in [0.25, 0.3) is 0 Å². The molecule has 0 aromatic heterocycles. The van der Waals surface area contributed by atoms with E-state index in [0.717, 1.165) is 6.42 Å². The van der Waals surface area contributed by atoms with E-state index in [1.54, 1.807) is 13.0 Å². The van der Waals surface area contributed by atoms with Gasteiger partial charge < -0.3 is 9.47 Å². The van der Waals surface area contributed by atoms with Crippen molar-refractivity contribution >= 4 is 5.97 Å². The Balaban J connectivity index is 1.96. The van der Waals surface area contributed by atoms with Gasteiger partial charge >= 0.3 is 5.97 Å². The molecule has 1 aromatic rings. The van der Waals surface area contributed by atoms with Gasteiger partial charge in [0.05, 0.1) is 19.3 Å². The van der Waals surface area contributed by atoms with E-state index in [2.05, 4.69) is 12.1 Å². The molecule has 0 unspecified atom stereocenters. The lowest BCUT2D eigenvalue weighted by atomic mass is 9.99. The molecule has 0 amide bonds. The zero-order valence-corrected chi connectivity index (χ0v) is 9.89. The SMILES string of the molecule is CCOC(=O)/C=C/[C@H]1Cc2ccccc2CO1. The smallest absolute Gasteiger partial charge is 0.330 e. The van der Waals surface area contributed by atoms with Crippen LogP contribution in [0.3, 0.4) is 0 Å². The van der Waals surface area contributed by atoms with E-state index < -0.39 is 0 Å². The van der Waals surface area contributed by atoms with E-state index in [9.17, 15) is 4.79 Å². The zero-order valence-electron chi connectivity index (χ0n) is 9.89. The molecule has 3 heteroatoms. The number of benzene rings is 1. The molecule has 2 rings (SSSR count). The number of fused-ring (bicyclic) bond motifs is 1. The minimum Gasteiger partial charge on any atom is -0.463 e. The van der Waals surface area contributed by atoms with Gasteiger partial charge in [-0.3, -0.25) is 0 Å². The minimum atomic E-state index is -0.310. The number of rotatable bonds is 3. The van der Waals surface area contributed by atoms with Gasteiger partial charge in [0.2, 0.25) is 0 Å². The Kier molecular flexibility index (Phi) is 3.94. The van der Waals surface area contributed by atoms with Gasteiger partial charge in [-0.1, -0.05) is 24.3 Å². The van der Waals surface area contributed by atoms with Crippen LogP contribution in [-0.4, -0.2) is 18.7 Å². The molecule has 0 N–H and O–H groups in total. The molecule has 17 heavy (non-hydrogen) atoms. The van der Waals surface area contributed by atoms with Crippen molar-refractivity contribution in [3.63, 3.8) is 0 Å². The van der Waals surface area contributed by atoms with Crippen LogP contribution in [0.5, 0.6) is 0 Å². The number of hydrogen-bond acceptors (Lipinski definition) is 3. The fourth-order valence-electron chi connectivity index (χ4n) is 1.87. The average molecular weight is 232 g/mol. The van der Waals surface area contributed by atoms with Crippen molar-refractivity contribution in [2.45, 2.75) is 26.1 Å². The number of ether oxygens (including phenoxy) is 2. The molecule has 1 aliphatic heterocycles. The Morgan fingerprint density at radius 3 is 3.00 bits per heavy atom. The zero-order chi connectivity index (χ0) is 12.1. The van der Waals surface area contributed by atoms with Gasteiger partial charge in [0.15, 0.2) is 0 Å². The fourth-order valence-corrected chi connectivity index (χ4v) is 1.87. The number of carbonyl (C=O) groups excluding carboxylic acids is 1. The molecule has 0 saturated heterocycles. The third kappa shape index (κ3) is 3.17. The van der Waals surface area contributed by atoms with E-state index in [1.165, 1.54) is 17.2 Å². The van der Waals surface area contributed by atoms with Gasteiger partial charge in [0, 0.05) is 12.5 Å². The second kappa shape index (κ2) is 5.64. The van der Waals surface area contributed by atoms with Gasteiger partial charge in [-0.05, 0) is 24.1 Å². The van der Waals surface area contributed by atoms with E-state index in [0.29, 0.717) is 13.2 Å². The number of carbonyl (C=O) groups is 1. The van der Waals surface area contributed by atoms with Crippen molar-refractivity contribution in [3.05, 3.63) is 47.5 Å². The summed E-state index contributed by atoms with van der Waals surface area (Å²) in [5.74, 6) is -0.310. The van der Waals surface area contributed by atoms with E-state index >= 15 is 0 Å². The molecule has 0 fully saturated rings. The predicted octanol–water partition coefficient (Wildman–Crippen LogP) is 2.25. The fraction of sp³-hybridized carbons (Fsp3) is 0.357. The highest BCUT2D eigenvalue weighted by molar-refractivity contribution is 5.81. The first-order valence-electron chi connectivity index (χ1n) is 5.83. The predicted molar refractivity (Wildman–Crippen MR) is 64.5 cm³/mol. The maximum absolute atomic E-state index is 11.2. The number of esters is 1. The maximum atomic E-state index is 11.2. The van der Waals surface area contributed by atoms with Crippen molar-refractivity contribution in [2.24, 2.45) is 0 Å². The molecular weight excluding hydrogens is 216 g/mol. The Hall–Kier alpha value is -1.61. The summed E-state index contributed by atoms with van der Waals surface area (Å²) in [5.41, 5.74) is 2.52. The molecular formula is C14H16O3. The molecule has 0 spiro atoms. The molecule has 1 aromatic carbocycles. The molecule has 90 valence electrons. The average Bonchev–Trinajstić information content (AvgIpc) is 2.36. The highest BCUT2D eigenvalue weighted by Gasteiger charge is 2.16. The summed E-state index contributed by atoms with van der Waals surface area (Å²) in [6, 6.07) is 8.21. The van der Waals surface area contributed by atoms with Gasteiger partial charge in [-0.2, -0.15) is 0 Å². The summed E-state index contributed by atoms with van der Waals surface area (Å²) < 4.78 is 10.5. The van der Waals surface area contributed by atoms with Gasteiger partial charge in [0.1, 0.15) is 0 Å². The van der Waals surface area contributed by atoms with Crippen molar-refractivity contribution in [2.75, 3.05) is 6.61 Å². The second-order valence-corrected chi connectivity index (χ2v) is 3.93. The molecule has 1 heterocycles. The third-order valence-corrected chi connectivity index (χ3v) is 2.73. The lowest BCUT2D eigenvalue weighted by molar-refractivity contribution is -0.137. The minimum absolute atomic E-state index is 0.0330. The highest BCUT2D eigenvalue weighted by Crippen LogP contribution is 2.20. The van der Waals surface area contributed by atoms with Crippen LogP contribution in [0.1, 0.15) is 18.1 Å². The Labute approximate surface area is 101 Å². The summed E-state index contributed by atoms with van der Waals surface area (Å²) in [5, 5.41) is 0. The first-order chi connectivity index (χ1) is 8.29. The topological polar surface area (TPSA) is 35.5 Å². The standard InChI is InChI=1S/C14H16O3/c1-2-16-14(15)8-7-13-9-11-5-3-4-6-12(11)10-17-13/h3-8,13H,2,9-10H2,1H3/b8-7+/t13-/m0/s1. The summed E-state index contributed by atoms with van der Waals surface area (Å²) in [6.45, 7) is 2.80. The van der Waals surface area contributed by atoms with Crippen LogP contribution in [0.2, 0.25) is 0 Å². The monoisotopic (exact) mass is 232 g/mol. The summed E-state index contributed by atoms with van der Waals surface area (Å²) >= 11 is 0. The third-order valence-electron chi connectivity index (χ3n) is 2.73. The van der Waals surface area contributed by atoms with Crippen LogP contribution in [-0.2, 0) is 27.3 Å². The first kappa shape index (κ1) is 11.9. The lowest BCUT2D eigenvalue weighted by Gasteiger charge is -2.22. The summed E-state index contributed by atoms with van der Waals surface area (Å²) in [4.78, 5) is 11.2. The largest absolute Gasteiger partial charge is 0.463 e. The maximum Gasteiger partial charge on any atom is 0.330 e. The molecule has 3 nitrogen and oxygen atoms in total. The normalized spacial score (nSPS) is 19.0. The molecule has 0 radical (unpaired) electrons. The second-order valence-electron chi connectivity index (χ2n) is 3.93. The molecule has 0 aliphatic carbocycles. The summed E-state index contributed by atoms with van der Waals surface area (Å²) in [6.07, 6.45) is 4.00. The Bertz CT molecular complexity index is 423. The van der Waals surface area contributed by atoms with E-state index in [-0.39, 0.29) is 12.1 Å². The van der Waals surface area contributed by atoms with E-state index in [1.807, 2.05) is 12.1 Å². The molecule has 0 saturated carbocycles. The van der Waals surface area contributed by atoms with Gasteiger partial charge in [0.25, 0.3) is 0 Å². The Morgan fingerprint density at radius 1 is 1.47 bits per heavy atom. The van der Waals surface area contributed by atoms with Gasteiger partial charge in [-0.15, -0.1) is 0 Å². The van der Waals surface area contributed by atoms with Crippen molar-refractivity contribution in [1.29, 1.82) is 0 Å². The van der Waals surface area contributed by atoms with Crippen molar-refractivity contribution < 1.29 is 14.3 Å².